The number of benzene rings is 2. The summed E-state index contributed by atoms with van der Waals surface area (Å²) >= 11 is 0. The second-order valence-electron chi connectivity index (χ2n) is 10.2. The van der Waals surface area contributed by atoms with Crippen LogP contribution in [0.5, 0.6) is 5.88 Å². The van der Waals surface area contributed by atoms with Crippen molar-refractivity contribution in [3.8, 4) is 17.1 Å². The van der Waals surface area contributed by atoms with Crippen LogP contribution < -0.4 is 9.46 Å². The molecule has 0 amide bonds. The maximum absolute atomic E-state index is 13.0. The normalized spacial score (nSPS) is 15.9. The highest BCUT2D eigenvalue weighted by atomic mass is 32.2. The zero-order valence-electron chi connectivity index (χ0n) is 22.8. The van der Waals surface area contributed by atoms with Gasteiger partial charge in [0.05, 0.1) is 11.9 Å². The first-order chi connectivity index (χ1) is 18.7. The van der Waals surface area contributed by atoms with Gasteiger partial charge in [-0.15, -0.1) is 0 Å². The number of hydrogen-bond acceptors (Lipinski definition) is 7. The van der Waals surface area contributed by atoms with Gasteiger partial charge < -0.3 is 4.74 Å². The van der Waals surface area contributed by atoms with Crippen molar-refractivity contribution in [2.75, 3.05) is 24.4 Å². The standard InChI is InChI=1S/C29H34N6O3S/c1-20-8-10-23(11-9-20)12-14-35-15-13-24(18-35)38-27-16-26(28-21(2)6-5-7-22(28)3)31-29(32-27)33-39(36,37)25-17-30-34(4)19-25/h5-11,16-17,19,24H,12-15,18H2,1-4H3,(H,31,32,33). The van der Waals surface area contributed by atoms with E-state index in [1.165, 1.54) is 28.2 Å². The molecule has 1 saturated heterocycles. The number of nitrogens with one attached hydrogen (secondary N) is 1. The van der Waals surface area contributed by atoms with Crippen molar-refractivity contribution in [3.05, 3.63) is 83.2 Å². The van der Waals surface area contributed by atoms with Crippen LogP contribution in [0.15, 0.2) is 65.8 Å². The molecule has 9 nitrogen and oxygen atoms in total. The molecule has 1 aliphatic heterocycles. The van der Waals surface area contributed by atoms with Gasteiger partial charge in [-0.1, -0.05) is 48.0 Å². The number of anilines is 1. The van der Waals surface area contributed by atoms with Crippen LogP contribution in [0.1, 0.15) is 28.7 Å². The van der Waals surface area contributed by atoms with E-state index in [9.17, 15) is 8.42 Å². The largest absolute Gasteiger partial charge is 0.473 e. The minimum atomic E-state index is -3.92. The van der Waals surface area contributed by atoms with Crippen molar-refractivity contribution in [1.29, 1.82) is 0 Å². The topological polar surface area (TPSA) is 102 Å². The second-order valence-corrected chi connectivity index (χ2v) is 11.9. The van der Waals surface area contributed by atoms with Crippen LogP contribution in [0.2, 0.25) is 0 Å². The molecule has 0 bridgehead atoms. The first kappa shape index (κ1) is 26.8. The molecule has 0 spiro atoms. The molecule has 1 N–H and O–H groups in total. The molecule has 204 valence electrons. The molecule has 1 aliphatic rings. The molecule has 1 atom stereocenters. The highest BCUT2D eigenvalue weighted by Crippen LogP contribution is 2.30. The van der Waals surface area contributed by atoms with Gasteiger partial charge in [0.1, 0.15) is 11.0 Å². The number of ether oxygens (including phenoxy) is 1. The van der Waals surface area contributed by atoms with Crippen molar-refractivity contribution in [1.82, 2.24) is 24.6 Å². The predicted octanol–water partition coefficient (Wildman–Crippen LogP) is 4.30. The van der Waals surface area contributed by atoms with Crippen molar-refractivity contribution in [3.63, 3.8) is 0 Å². The molecule has 5 rings (SSSR count). The van der Waals surface area contributed by atoms with Crippen LogP contribution in [-0.4, -0.2) is 58.8 Å². The molecule has 1 fully saturated rings. The summed E-state index contributed by atoms with van der Waals surface area (Å²) in [4.78, 5) is 11.5. The molecule has 2 aromatic heterocycles. The van der Waals surface area contributed by atoms with E-state index < -0.39 is 10.0 Å². The summed E-state index contributed by atoms with van der Waals surface area (Å²) in [6.07, 6.45) is 4.52. The van der Waals surface area contributed by atoms with Crippen LogP contribution >= 0.6 is 0 Å². The summed E-state index contributed by atoms with van der Waals surface area (Å²) < 4.78 is 36.3. The molecule has 1 unspecified atom stereocenters. The lowest BCUT2D eigenvalue weighted by Crippen LogP contribution is -2.27. The fourth-order valence-electron chi connectivity index (χ4n) is 4.90. The van der Waals surface area contributed by atoms with Crippen molar-refractivity contribution in [2.45, 2.75) is 44.6 Å². The van der Waals surface area contributed by atoms with Gasteiger partial charge in [-0.25, -0.2) is 18.1 Å². The third-order valence-electron chi connectivity index (χ3n) is 7.01. The summed E-state index contributed by atoms with van der Waals surface area (Å²) in [6, 6.07) is 16.5. The van der Waals surface area contributed by atoms with Crippen LogP contribution in [0.3, 0.4) is 0 Å². The van der Waals surface area contributed by atoms with Crippen LogP contribution in [-0.2, 0) is 23.5 Å². The number of nitrogens with zero attached hydrogens (tertiary/aromatic N) is 5. The average Bonchev–Trinajstić information content (AvgIpc) is 3.52. The van der Waals surface area contributed by atoms with Crippen LogP contribution in [0.25, 0.3) is 11.3 Å². The second kappa shape index (κ2) is 11.2. The molecule has 4 aromatic rings. The number of sulfonamides is 1. The predicted molar refractivity (Wildman–Crippen MR) is 151 cm³/mol. The number of likely N-dealkylation sites (tertiary alicyclic amines) is 1. The van der Waals surface area contributed by atoms with Gasteiger partial charge in [0, 0.05) is 44.5 Å². The lowest BCUT2D eigenvalue weighted by molar-refractivity contribution is 0.193. The van der Waals surface area contributed by atoms with Crippen molar-refractivity contribution >= 4 is 16.0 Å². The third-order valence-corrected chi connectivity index (χ3v) is 8.29. The van der Waals surface area contributed by atoms with Crippen molar-refractivity contribution in [2.24, 2.45) is 7.05 Å². The Kier molecular flexibility index (Phi) is 7.67. The first-order valence-electron chi connectivity index (χ1n) is 13.1. The SMILES string of the molecule is Cc1ccc(CCN2CCC(Oc3cc(-c4c(C)cccc4C)nc(NS(=O)(=O)c4cnn(C)c4)n3)C2)cc1. The van der Waals surface area contributed by atoms with Gasteiger partial charge in [-0.3, -0.25) is 9.58 Å². The van der Waals surface area contributed by atoms with E-state index in [4.69, 9.17) is 4.74 Å². The van der Waals surface area contributed by atoms with E-state index in [-0.39, 0.29) is 16.9 Å². The molecule has 2 aromatic carbocycles. The first-order valence-corrected chi connectivity index (χ1v) is 14.6. The Bertz CT molecular complexity index is 1550. The summed E-state index contributed by atoms with van der Waals surface area (Å²) in [5.41, 5.74) is 6.18. The zero-order valence-corrected chi connectivity index (χ0v) is 23.6. The third kappa shape index (κ3) is 6.46. The van der Waals surface area contributed by atoms with Gasteiger partial charge in [0.15, 0.2) is 0 Å². The fraction of sp³-hybridized carbons (Fsp3) is 0.345. The van der Waals surface area contributed by atoms with Gasteiger partial charge in [-0.05, 0) is 50.3 Å². The molecule has 10 heteroatoms. The Morgan fingerprint density at radius 2 is 1.79 bits per heavy atom. The van der Waals surface area contributed by atoms with E-state index in [1.54, 1.807) is 13.1 Å². The van der Waals surface area contributed by atoms with E-state index in [2.05, 4.69) is 55.9 Å². The lowest BCUT2D eigenvalue weighted by Gasteiger charge is -2.18. The molecule has 39 heavy (non-hydrogen) atoms. The smallest absolute Gasteiger partial charge is 0.267 e. The molecule has 0 radical (unpaired) electrons. The summed E-state index contributed by atoms with van der Waals surface area (Å²) in [7, 11) is -2.26. The molecular formula is C29H34N6O3S. The Labute approximate surface area is 229 Å². The summed E-state index contributed by atoms with van der Waals surface area (Å²) in [5, 5.41) is 3.97. The Morgan fingerprint density at radius 3 is 2.49 bits per heavy atom. The van der Waals surface area contributed by atoms with Gasteiger partial charge in [0.2, 0.25) is 11.8 Å². The maximum atomic E-state index is 13.0. The fourth-order valence-corrected chi connectivity index (χ4v) is 5.83. The van der Waals surface area contributed by atoms with Gasteiger partial charge in [0.25, 0.3) is 10.0 Å². The number of hydrogen-bond donors (Lipinski definition) is 1. The van der Waals surface area contributed by atoms with Crippen LogP contribution in [0, 0.1) is 20.8 Å². The summed E-state index contributed by atoms with van der Waals surface area (Å²) in [5.74, 6) is 0.306. The Balaban J connectivity index is 1.36. The number of aryl methyl sites for hydroxylation is 4. The lowest BCUT2D eigenvalue weighted by atomic mass is 10.00. The summed E-state index contributed by atoms with van der Waals surface area (Å²) in [6.45, 7) is 8.79. The van der Waals surface area contributed by atoms with Crippen LogP contribution in [0.4, 0.5) is 5.95 Å². The molecule has 0 saturated carbocycles. The average molecular weight is 547 g/mol. The molecule has 3 heterocycles. The van der Waals surface area contributed by atoms with E-state index >= 15 is 0 Å². The number of aromatic nitrogens is 4. The van der Waals surface area contributed by atoms with Gasteiger partial charge in [-0.2, -0.15) is 10.1 Å². The highest BCUT2D eigenvalue weighted by Gasteiger charge is 2.26. The maximum Gasteiger partial charge on any atom is 0.267 e. The zero-order chi connectivity index (χ0) is 27.6. The monoisotopic (exact) mass is 546 g/mol. The molecule has 0 aliphatic carbocycles. The highest BCUT2D eigenvalue weighted by molar-refractivity contribution is 7.92. The Hall–Kier alpha value is -3.76. The van der Waals surface area contributed by atoms with E-state index in [1.807, 2.05) is 32.0 Å². The van der Waals surface area contributed by atoms with E-state index in [0.717, 1.165) is 49.2 Å². The Morgan fingerprint density at radius 1 is 1.05 bits per heavy atom. The minimum Gasteiger partial charge on any atom is -0.473 e. The van der Waals surface area contributed by atoms with E-state index in [0.29, 0.717) is 11.6 Å². The quantitative estimate of drug-likeness (QED) is 0.334. The number of rotatable bonds is 9. The van der Waals surface area contributed by atoms with Crippen molar-refractivity contribution < 1.29 is 13.2 Å². The minimum absolute atomic E-state index is 0.0357. The van der Waals surface area contributed by atoms with Gasteiger partial charge >= 0.3 is 0 Å². The molecular weight excluding hydrogens is 512 g/mol.